The van der Waals surface area contributed by atoms with Crippen LogP contribution in [0.25, 0.3) is 11.4 Å². The molecule has 3 aromatic heterocycles. The molecule has 1 saturated heterocycles. The van der Waals surface area contributed by atoms with Gasteiger partial charge in [0.2, 0.25) is 5.91 Å². The smallest absolute Gasteiger partial charge is 0.254 e. The fourth-order valence-electron chi connectivity index (χ4n) is 4.75. The minimum absolute atomic E-state index is 0.0771. The highest BCUT2D eigenvalue weighted by Crippen LogP contribution is 2.43. The van der Waals surface area contributed by atoms with Gasteiger partial charge in [-0.2, -0.15) is 0 Å². The zero-order chi connectivity index (χ0) is 20.6. The van der Waals surface area contributed by atoms with Crippen molar-refractivity contribution in [2.24, 2.45) is 0 Å². The molecular formula is C21H23N7O2. The first-order valence-electron chi connectivity index (χ1n) is 10.3. The van der Waals surface area contributed by atoms with Crippen LogP contribution in [0.3, 0.4) is 0 Å². The molecule has 1 unspecified atom stereocenters. The van der Waals surface area contributed by atoms with E-state index in [9.17, 15) is 9.59 Å². The first-order valence-corrected chi connectivity index (χ1v) is 10.3. The molecule has 30 heavy (non-hydrogen) atoms. The number of likely N-dealkylation sites (tertiary alicyclic amines) is 1. The van der Waals surface area contributed by atoms with Gasteiger partial charge in [-0.25, -0.2) is 4.98 Å². The SMILES string of the molecule is O=C(CCn1cnnc1)N1CCCC2(CCc3c2nc(-c2cccnc2)[nH]c3=O)C1. The molecule has 0 aromatic carbocycles. The Morgan fingerprint density at radius 1 is 1.23 bits per heavy atom. The Morgan fingerprint density at radius 3 is 2.90 bits per heavy atom. The van der Waals surface area contributed by atoms with Crippen LogP contribution in [0, 0.1) is 0 Å². The molecule has 9 heteroatoms. The first-order chi connectivity index (χ1) is 14.6. The summed E-state index contributed by atoms with van der Waals surface area (Å²) in [6.45, 7) is 1.93. The van der Waals surface area contributed by atoms with E-state index in [2.05, 4.69) is 20.2 Å². The number of H-pyrrole nitrogens is 1. The molecule has 1 aliphatic heterocycles. The Balaban J connectivity index is 1.41. The van der Waals surface area contributed by atoms with E-state index >= 15 is 0 Å². The molecule has 1 spiro atoms. The molecule has 1 N–H and O–H groups in total. The lowest BCUT2D eigenvalue weighted by Crippen LogP contribution is -2.48. The van der Waals surface area contributed by atoms with Crippen LogP contribution in [0.4, 0.5) is 0 Å². The van der Waals surface area contributed by atoms with E-state index in [0.29, 0.717) is 31.8 Å². The number of pyridine rings is 1. The number of hydrogen-bond donors (Lipinski definition) is 1. The lowest BCUT2D eigenvalue weighted by molar-refractivity contribution is -0.133. The molecule has 1 amide bonds. The van der Waals surface area contributed by atoms with Crippen molar-refractivity contribution < 1.29 is 4.79 Å². The molecule has 2 aliphatic rings. The van der Waals surface area contributed by atoms with Crippen molar-refractivity contribution in [3.05, 3.63) is 58.8 Å². The van der Waals surface area contributed by atoms with E-state index in [1.54, 1.807) is 25.0 Å². The molecule has 154 valence electrons. The van der Waals surface area contributed by atoms with Gasteiger partial charge in [0, 0.05) is 55.0 Å². The summed E-state index contributed by atoms with van der Waals surface area (Å²) in [7, 11) is 0. The highest BCUT2D eigenvalue weighted by atomic mass is 16.2. The largest absolute Gasteiger partial charge is 0.342 e. The highest BCUT2D eigenvalue weighted by molar-refractivity contribution is 5.76. The first kappa shape index (κ1) is 18.7. The molecule has 5 rings (SSSR count). The van der Waals surface area contributed by atoms with Gasteiger partial charge in [0.15, 0.2) is 0 Å². The van der Waals surface area contributed by atoms with Crippen molar-refractivity contribution >= 4 is 5.91 Å². The van der Waals surface area contributed by atoms with Gasteiger partial charge in [-0.3, -0.25) is 14.6 Å². The summed E-state index contributed by atoms with van der Waals surface area (Å²) in [5, 5.41) is 7.56. The Labute approximate surface area is 173 Å². The van der Waals surface area contributed by atoms with Gasteiger partial charge in [-0.05, 0) is 37.8 Å². The van der Waals surface area contributed by atoms with Crippen LogP contribution in [0.5, 0.6) is 0 Å². The number of nitrogens with zero attached hydrogens (tertiary/aromatic N) is 6. The summed E-state index contributed by atoms with van der Waals surface area (Å²) < 4.78 is 1.81. The molecule has 1 atom stereocenters. The average molecular weight is 405 g/mol. The molecule has 1 aliphatic carbocycles. The molecule has 0 radical (unpaired) electrons. The number of aryl methyl sites for hydroxylation is 1. The third-order valence-electron chi connectivity index (χ3n) is 6.29. The van der Waals surface area contributed by atoms with Crippen LogP contribution >= 0.6 is 0 Å². The van der Waals surface area contributed by atoms with Gasteiger partial charge in [-0.15, -0.1) is 10.2 Å². The van der Waals surface area contributed by atoms with Crippen LogP contribution in [-0.4, -0.2) is 53.6 Å². The van der Waals surface area contributed by atoms with Crippen molar-refractivity contribution in [3.63, 3.8) is 0 Å². The molecule has 3 aromatic rings. The average Bonchev–Trinajstić information content (AvgIpc) is 3.42. The zero-order valence-electron chi connectivity index (χ0n) is 16.6. The molecule has 4 heterocycles. The number of piperidine rings is 1. The summed E-state index contributed by atoms with van der Waals surface area (Å²) >= 11 is 0. The summed E-state index contributed by atoms with van der Waals surface area (Å²) in [5.41, 5.74) is 2.09. The molecule has 9 nitrogen and oxygen atoms in total. The van der Waals surface area contributed by atoms with Crippen LogP contribution < -0.4 is 5.56 Å². The second-order valence-electron chi connectivity index (χ2n) is 8.13. The van der Waals surface area contributed by atoms with Gasteiger partial charge in [0.1, 0.15) is 18.5 Å². The standard InChI is InChI=1S/C21H23N7O2/c29-17(5-10-27-13-23-24-14-27)28-9-2-6-21(12-28)7-4-16-18(21)25-19(26-20(16)30)15-3-1-8-22-11-15/h1,3,8,11,13-14H,2,4-7,9-10,12H2,(H,25,26,30). The van der Waals surface area contributed by atoms with Crippen LogP contribution in [0.2, 0.25) is 0 Å². The maximum Gasteiger partial charge on any atom is 0.254 e. The van der Waals surface area contributed by atoms with E-state index < -0.39 is 0 Å². The summed E-state index contributed by atoms with van der Waals surface area (Å²) in [5.74, 6) is 0.665. The van der Waals surface area contributed by atoms with E-state index in [-0.39, 0.29) is 16.9 Å². The highest BCUT2D eigenvalue weighted by Gasteiger charge is 2.45. The van der Waals surface area contributed by atoms with Crippen molar-refractivity contribution in [2.45, 2.75) is 44.1 Å². The summed E-state index contributed by atoms with van der Waals surface area (Å²) in [6, 6.07) is 3.72. The van der Waals surface area contributed by atoms with Gasteiger partial charge in [0.25, 0.3) is 5.56 Å². The lowest BCUT2D eigenvalue weighted by Gasteiger charge is -2.40. The van der Waals surface area contributed by atoms with Gasteiger partial charge < -0.3 is 14.5 Å². The topological polar surface area (TPSA) is 110 Å². The van der Waals surface area contributed by atoms with Crippen molar-refractivity contribution in [3.8, 4) is 11.4 Å². The number of aromatic amines is 1. The van der Waals surface area contributed by atoms with E-state index in [1.165, 1.54) is 0 Å². The minimum Gasteiger partial charge on any atom is -0.342 e. The molecule has 0 saturated carbocycles. The van der Waals surface area contributed by atoms with Crippen LogP contribution in [0.15, 0.2) is 42.0 Å². The lowest BCUT2D eigenvalue weighted by atomic mass is 9.77. The quantitative estimate of drug-likeness (QED) is 0.701. The van der Waals surface area contributed by atoms with Crippen LogP contribution in [0.1, 0.15) is 36.9 Å². The zero-order valence-corrected chi connectivity index (χ0v) is 16.6. The number of amides is 1. The Hall–Kier alpha value is -3.36. The number of aromatic nitrogens is 6. The minimum atomic E-state index is -0.245. The predicted molar refractivity (Wildman–Crippen MR) is 109 cm³/mol. The third-order valence-corrected chi connectivity index (χ3v) is 6.29. The second-order valence-corrected chi connectivity index (χ2v) is 8.13. The van der Waals surface area contributed by atoms with E-state index in [1.807, 2.05) is 21.6 Å². The fourth-order valence-corrected chi connectivity index (χ4v) is 4.75. The van der Waals surface area contributed by atoms with Gasteiger partial charge >= 0.3 is 0 Å². The summed E-state index contributed by atoms with van der Waals surface area (Å²) in [6.07, 6.45) is 10.5. The molecule has 0 bridgehead atoms. The second kappa shape index (κ2) is 7.47. The van der Waals surface area contributed by atoms with Gasteiger partial charge in [-0.1, -0.05) is 0 Å². The maximum atomic E-state index is 12.9. The van der Waals surface area contributed by atoms with Crippen molar-refractivity contribution in [1.82, 2.24) is 34.6 Å². The van der Waals surface area contributed by atoms with Gasteiger partial charge in [0.05, 0.1) is 5.69 Å². The fraction of sp³-hybridized carbons (Fsp3) is 0.429. The monoisotopic (exact) mass is 405 g/mol. The van der Waals surface area contributed by atoms with Crippen LogP contribution in [-0.2, 0) is 23.2 Å². The number of fused-ring (bicyclic) bond motifs is 2. The molecule has 1 fully saturated rings. The van der Waals surface area contributed by atoms with Crippen molar-refractivity contribution in [1.29, 1.82) is 0 Å². The predicted octanol–water partition coefficient (Wildman–Crippen LogP) is 1.32. The number of hydrogen-bond acceptors (Lipinski definition) is 6. The Kier molecular flexibility index (Phi) is 4.65. The summed E-state index contributed by atoms with van der Waals surface area (Å²) in [4.78, 5) is 39.5. The van der Waals surface area contributed by atoms with E-state index in [4.69, 9.17) is 4.98 Å². The Bertz CT molecular complexity index is 1110. The molecular weight excluding hydrogens is 382 g/mol. The normalized spacial score (nSPS) is 20.5. The maximum absolute atomic E-state index is 12.9. The Morgan fingerprint density at radius 2 is 2.10 bits per heavy atom. The number of carbonyl (C=O) groups is 1. The van der Waals surface area contributed by atoms with Crippen molar-refractivity contribution in [2.75, 3.05) is 13.1 Å². The van der Waals surface area contributed by atoms with E-state index in [0.717, 1.165) is 42.6 Å². The number of carbonyl (C=O) groups excluding carboxylic acids is 1. The number of rotatable bonds is 4. The number of nitrogens with one attached hydrogen (secondary N) is 1. The third kappa shape index (κ3) is 3.30.